The highest BCUT2D eigenvalue weighted by Gasteiger charge is 2.42. The van der Waals surface area contributed by atoms with Crippen LogP contribution in [0.5, 0.6) is 0 Å². The SMILES string of the molecule is CC(C)(C)OC(=O)NCC1(c2cccc(Cl)c2)CCC(N2CC(=O)N(c3cccc(C(=O)O)c3)CC2=O)CC1. The van der Waals surface area contributed by atoms with Gasteiger partial charge in [0, 0.05) is 28.7 Å². The van der Waals surface area contributed by atoms with E-state index in [4.69, 9.17) is 16.3 Å². The van der Waals surface area contributed by atoms with Crippen molar-refractivity contribution in [2.24, 2.45) is 0 Å². The highest BCUT2D eigenvalue weighted by molar-refractivity contribution is 6.30. The summed E-state index contributed by atoms with van der Waals surface area (Å²) < 4.78 is 5.44. The maximum absolute atomic E-state index is 13.2. The van der Waals surface area contributed by atoms with Crippen molar-refractivity contribution >= 4 is 41.2 Å². The molecule has 1 saturated heterocycles. The summed E-state index contributed by atoms with van der Waals surface area (Å²) in [6, 6.07) is 13.5. The van der Waals surface area contributed by atoms with Crippen molar-refractivity contribution in [3.05, 3.63) is 64.7 Å². The minimum Gasteiger partial charge on any atom is -0.478 e. The molecular weight excluding hydrogens is 522 g/mol. The summed E-state index contributed by atoms with van der Waals surface area (Å²) >= 11 is 6.31. The Morgan fingerprint density at radius 3 is 2.38 bits per heavy atom. The summed E-state index contributed by atoms with van der Waals surface area (Å²) in [6.07, 6.45) is 2.16. The van der Waals surface area contributed by atoms with Gasteiger partial charge in [-0.25, -0.2) is 9.59 Å². The molecule has 1 saturated carbocycles. The second-order valence-electron chi connectivity index (χ2n) is 11.2. The minimum atomic E-state index is -1.10. The number of aromatic carboxylic acids is 1. The van der Waals surface area contributed by atoms with E-state index in [-0.39, 0.29) is 36.5 Å². The van der Waals surface area contributed by atoms with Crippen molar-refractivity contribution in [1.82, 2.24) is 10.2 Å². The van der Waals surface area contributed by atoms with Crippen LogP contribution in [-0.2, 0) is 19.7 Å². The van der Waals surface area contributed by atoms with Crippen LogP contribution in [0.15, 0.2) is 48.5 Å². The fourth-order valence-electron chi connectivity index (χ4n) is 5.42. The molecule has 2 fully saturated rings. The van der Waals surface area contributed by atoms with Crippen LogP contribution >= 0.6 is 11.6 Å². The summed E-state index contributed by atoms with van der Waals surface area (Å²) in [5.74, 6) is -1.53. The lowest BCUT2D eigenvalue weighted by atomic mass is 9.67. The average Bonchev–Trinajstić information content (AvgIpc) is 2.88. The fraction of sp³-hybridized carbons (Fsp3) is 0.448. The van der Waals surface area contributed by atoms with Crippen molar-refractivity contribution in [1.29, 1.82) is 0 Å². The van der Waals surface area contributed by atoms with Gasteiger partial charge in [0.15, 0.2) is 0 Å². The third-order valence-corrected chi connectivity index (χ3v) is 7.62. The second-order valence-corrected chi connectivity index (χ2v) is 11.7. The van der Waals surface area contributed by atoms with E-state index in [1.54, 1.807) is 17.0 Å². The number of carboxylic acids is 1. The molecule has 0 aromatic heterocycles. The molecule has 0 unspecified atom stereocenters. The van der Waals surface area contributed by atoms with Crippen LogP contribution in [-0.4, -0.2) is 65.2 Å². The highest BCUT2D eigenvalue weighted by Crippen LogP contribution is 2.41. The number of nitrogens with zero attached hydrogens (tertiary/aromatic N) is 2. The number of benzene rings is 2. The van der Waals surface area contributed by atoms with Gasteiger partial charge in [-0.05, 0) is 82.3 Å². The lowest BCUT2D eigenvalue weighted by molar-refractivity contribution is -0.141. The van der Waals surface area contributed by atoms with Gasteiger partial charge in [-0.2, -0.15) is 0 Å². The molecule has 3 amide bonds. The maximum Gasteiger partial charge on any atom is 0.407 e. The van der Waals surface area contributed by atoms with E-state index in [0.717, 1.165) is 5.56 Å². The van der Waals surface area contributed by atoms with Crippen molar-refractivity contribution in [2.75, 3.05) is 24.5 Å². The first kappa shape index (κ1) is 28.4. The number of carbonyl (C=O) groups is 4. The van der Waals surface area contributed by atoms with Gasteiger partial charge in [0.2, 0.25) is 11.8 Å². The Morgan fingerprint density at radius 1 is 1.05 bits per heavy atom. The van der Waals surface area contributed by atoms with Crippen LogP contribution in [0.1, 0.15) is 62.4 Å². The lowest BCUT2D eigenvalue weighted by Gasteiger charge is -2.46. The van der Waals surface area contributed by atoms with Gasteiger partial charge >= 0.3 is 12.1 Å². The number of hydrogen-bond donors (Lipinski definition) is 2. The molecule has 0 radical (unpaired) electrons. The van der Waals surface area contributed by atoms with Gasteiger partial charge in [0.1, 0.15) is 18.7 Å². The number of anilines is 1. The molecular formula is C29H34ClN3O6. The van der Waals surface area contributed by atoms with Gasteiger partial charge in [-0.3, -0.25) is 9.59 Å². The third-order valence-electron chi connectivity index (χ3n) is 7.39. The zero-order valence-corrected chi connectivity index (χ0v) is 23.2. The predicted octanol–water partition coefficient (Wildman–Crippen LogP) is 4.62. The van der Waals surface area contributed by atoms with Gasteiger partial charge in [-0.1, -0.05) is 29.8 Å². The summed E-state index contributed by atoms with van der Waals surface area (Å²) in [4.78, 5) is 53.0. The molecule has 39 heavy (non-hydrogen) atoms. The molecule has 10 heteroatoms. The number of carbonyl (C=O) groups excluding carboxylic acids is 3. The van der Waals surface area contributed by atoms with E-state index in [2.05, 4.69) is 5.32 Å². The van der Waals surface area contributed by atoms with Crippen LogP contribution in [0.25, 0.3) is 0 Å². The highest BCUT2D eigenvalue weighted by atomic mass is 35.5. The first-order valence-corrected chi connectivity index (χ1v) is 13.4. The normalized spacial score (nSPS) is 22.0. The van der Waals surface area contributed by atoms with Gasteiger partial charge in [0.25, 0.3) is 0 Å². The molecule has 2 N–H and O–H groups in total. The standard InChI is InChI=1S/C29H34ClN3O6/c1-28(2,3)39-27(38)31-18-29(20-7-5-8-21(30)15-20)12-10-22(11-13-29)32-16-25(35)33(17-24(32)34)23-9-4-6-19(14-23)26(36)37/h4-9,14-15,22H,10-13,16-18H2,1-3H3,(H,31,38)(H,36,37). The number of ether oxygens (including phenoxy) is 1. The first-order valence-electron chi connectivity index (χ1n) is 13.0. The first-order chi connectivity index (χ1) is 18.4. The van der Waals surface area contributed by atoms with Crippen molar-refractivity contribution < 1.29 is 29.0 Å². The quantitative estimate of drug-likeness (QED) is 0.537. The Bertz CT molecular complexity index is 1270. The summed E-state index contributed by atoms with van der Waals surface area (Å²) in [7, 11) is 0. The van der Waals surface area contributed by atoms with E-state index in [9.17, 15) is 24.3 Å². The molecule has 2 aromatic carbocycles. The van der Waals surface area contributed by atoms with E-state index in [0.29, 0.717) is 42.9 Å². The number of nitrogens with one attached hydrogen (secondary N) is 1. The van der Waals surface area contributed by atoms with E-state index >= 15 is 0 Å². The second kappa shape index (κ2) is 11.3. The van der Waals surface area contributed by atoms with Gasteiger partial charge < -0.3 is 25.0 Å². The van der Waals surface area contributed by atoms with Gasteiger partial charge in [0.05, 0.1) is 5.56 Å². The molecule has 2 aliphatic rings. The van der Waals surface area contributed by atoms with E-state index in [1.165, 1.54) is 17.0 Å². The topological polar surface area (TPSA) is 116 Å². The minimum absolute atomic E-state index is 0.0554. The number of amides is 3. The Labute approximate surface area is 233 Å². The smallest absolute Gasteiger partial charge is 0.407 e. The number of carboxylic acid groups (broad SMARTS) is 1. The van der Waals surface area contributed by atoms with Crippen LogP contribution in [0.4, 0.5) is 10.5 Å². The fourth-order valence-corrected chi connectivity index (χ4v) is 5.61. The van der Waals surface area contributed by atoms with E-state index < -0.39 is 23.1 Å². The number of alkyl carbamates (subject to hydrolysis) is 1. The summed E-state index contributed by atoms with van der Waals surface area (Å²) in [6.45, 7) is 5.58. The number of halogens is 1. The van der Waals surface area contributed by atoms with Crippen LogP contribution < -0.4 is 10.2 Å². The van der Waals surface area contributed by atoms with Gasteiger partial charge in [-0.15, -0.1) is 0 Å². The maximum atomic E-state index is 13.2. The zero-order valence-electron chi connectivity index (χ0n) is 22.4. The molecule has 208 valence electrons. The van der Waals surface area contributed by atoms with Crippen molar-refractivity contribution in [2.45, 2.75) is 63.5 Å². The van der Waals surface area contributed by atoms with E-state index in [1.807, 2.05) is 45.0 Å². The third kappa shape index (κ3) is 6.71. The van der Waals surface area contributed by atoms with Crippen LogP contribution in [0.3, 0.4) is 0 Å². The Kier molecular flexibility index (Phi) is 8.20. The molecule has 0 bridgehead atoms. The van der Waals surface area contributed by atoms with Crippen molar-refractivity contribution in [3.63, 3.8) is 0 Å². The molecule has 4 rings (SSSR count). The largest absolute Gasteiger partial charge is 0.478 e. The Hall–Kier alpha value is -3.59. The number of hydrogen-bond acceptors (Lipinski definition) is 5. The molecule has 0 atom stereocenters. The molecule has 9 nitrogen and oxygen atoms in total. The Balaban J connectivity index is 1.46. The average molecular weight is 556 g/mol. The zero-order chi connectivity index (χ0) is 28.4. The molecule has 1 aliphatic heterocycles. The number of piperazine rings is 1. The molecule has 0 spiro atoms. The Morgan fingerprint density at radius 2 is 1.74 bits per heavy atom. The van der Waals surface area contributed by atoms with Crippen LogP contribution in [0, 0.1) is 0 Å². The molecule has 1 heterocycles. The van der Waals surface area contributed by atoms with Crippen molar-refractivity contribution in [3.8, 4) is 0 Å². The van der Waals surface area contributed by atoms with Crippen LogP contribution in [0.2, 0.25) is 5.02 Å². The summed E-state index contributed by atoms with van der Waals surface area (Å²) in [5.41, 5.74) is 0.443. The predicted molar refractivity (Wildman–Crippen MR) is 147 cm³/mol. The molecule has 1 aliphatic carbocycles. The monoisotopic (exact) mass is 555 g/mol. The lowest BCUT2D eigenvalue weighted by Crippen LogP contribution is -2.58. The molecule has 2 aromatic rings. The summed E-state index contributed by atoms with van der Waals surface area (Å²) in [5, 5.41) is 12.8. The number of rotatable bonds is 6.